The van der Waals surface area contributed by atoms with Gasteiger partial charge in [-0.3, -0.25) is 0 Å². The van der Waals surface area contributed by atoms with Gasteiger partial charge in [0.05, 0.1) is 19.1 Å². The van der Waals surface area contributed by atoms with Crippen LogP contribution in [0.3, 0.4) is 0 Å². The molecule has 0 saturated carbocycles. The fourth-order valence-corrected chi connectivity index (χ4v) is 1.46. The zero-order valence-corrected chi connectivity index (χ0v) is 9.27. The topological polar surface area (TPSA) is 34.4 Å². The molecule has 1 heterocycles. The average molecular weight is 217 g/mol. The fourth-order valence-electron chi connectivity index (χ4n) is 1.46. The van der Waals surface area contributed by atoms with Gasteiger partial charge < -0.3 is 14.5 Å². The summed E-state index contributed by atoms with van der Waals surface area (Å²) in [4.78, 5) is 0. The summed E-state index contributed by atoms with van der Waals surface area (Å²) in [7, 11) is 0. The molecule has 1 aromatic heterocycles. The average Bonchev–Trinajstić information content (AvgIpc) is 2.80. The summed E-state index contributed by atoms with van der Waals surface area (Å²) in [6, 6.07) is 9.88. The molecule has 0 aliphatic rings. The van der Waals surface area contributed by atoms with E-state index in [4.69, 9.17) is 9.15 Å². The minimum atomic E-state index is 0.686. The molecule has 84 valence electrons. The Morgan fingerprint density at radius 3 is 3.00 bits per heavy atom. The van der Waals surface area contributed by atoms with E-state index in [-0.39, 0.29) is 0 Å². The highest BCUT2D eigenvalue weighted by Gasteiger charge is 1.97. The van der Waals surface area contributed by atoms with Crippen LogP contribution < -0.4 is 10.1 Å². The molecular formula is C13H15NO2. The van der Waals surface area contributed by atoms with Crippen LogP contribution >= 0.6 is 0 Å². The van der Waals surface area contributed by atoms with Crippen LogP contribution in [0.4, 0.5) is 5.69 Å². The molecule has 16 heavy (non-hydrogen) atoms. The molecule has 1 aromatic carbocycles. The second kappa shape index (κ2) is 5.26. The van der Waals surface area contributed by atoms with E-state index in [1.165, 1.54) is 0 Å². The van der Waals surface area contributed by atoms with E-state index in [0.29, 0.717) is 6.61 Å². The number of furan rings is 1. The lowest BCUT2D eigenvalue weighted by Gasteiger charge is -2.07. The first-order chi connectivity index (χ1) is 7.88. The monoisotopic (exact) mass is 217 g/mol. The maximum atomic E-state index is 5.43. The number of nitrogens with one attached hydrogen (secondary N) is 1. The Hall–Kier alpha value is -1.90. The smallest absolute Gasteiger partial charge is 0.121 e. The summed E-state index contributed by atoms with van der Waals surface area (Å²) in [5.74, 6) is 0.889. The van der Waals surface area contributed by atoms with Gasteiger partial charge in [-0.05, 0) is 25.1 Å². The van der Waals surface area contributed by atoms with Crippen molar-refractivity contribution in [3.8, 4) is 5.75 Å². The van der Waals surface area contributed by atoms with Crippen molar-refractivity contribution in [3.63, 3.8) is 0 Å². The number of hydrogen-bond acceptors (Lipinski definition) is 3. The van der Waals surface area contributed by atoms with Crippen LogP contribution in [-0.4, -0.2) is 6.61 Å². The van der Waals surface area contributed by atoms with Gasteiger partial charge in [0.25, 0.3) is 0 Å². The van der Waals surface area contributed by atoms with Gasteiger partial charge in [0.15, 0.2) is 0 Å². The molecule has 3 heteroatoms. The lowest BCUT2D eigenvalue weighted by molar-refractivity contribution is 0.340. The number of benzene rings is 1. The molecule has 3 nitrogen and oxygen atoms in total. The molecule has 0 radical (unpaired) electrons. The summed E-state index contributed by atoms with van der Waals surface area (Å²) in [5.41, 5.74) is 2.17. The molecule has 0 aliphatic carbocycles. The van der Waals surface area contributed by atoms with Gasteiger partial charge in [-0.15, -0.1) is 0 Å². The first-order valence-electron chi connectivity index (χ1n) is 5.36. The maximum Gasteiger partial charge on any atom is 0.121 e. The molecule has 0 saturated heterocycles. The summed E-state index contributed by atoms with van der Waals surface area (Å²) in [6.07, 6.45) is 3.41. The lowest BCUT2D eigenvalue weighted by Crippen LogP contribution is -1.98. The molecule has 0 unspecified atom stereocenters. The van der Waals surface area contributed by atoms with Crippen molar-refractivity contribution >= 4 is 5.69 Å². The van der Waals surface area contributed by atoms with Gasteiger partial charge in [-0.25, -0.2) is 0 Å². The fraction of sp³-hybridized carbons (Fsp3) is 0.231. The second-order valence-corrected chi connectivity index (χ2v) is 3.45. The molecule has 0 amide bonds. The van der Waals surface area contributed by atoms with Crippen LogP contribution in [0.5, 0.6) is 5.75 Å². The number of ether oxygens (including phenoxy) is 1. The predicted octanol–water partition coefficient (Wildman–Crippen LogP) is 3.29. The number of anilines is 1. The molecule has 0 atom stereocenters. The van der Waals surface area contributed by atoms with Crippen molar-refractivity contribution in [2.45, 2.75) is 13.5 Å². The zero-order chi connectivity index (χ0) is 11.2. The van der Waals surface area contributed by atoms with E-state index in [1.54, 1.807) is 12.5 Å². The molecule has 0 fully saturated rings. The Balaban J connectivity index is 1.96. The standard InChI is InChI=1S/C13H15NO2/c1-2-16-13-5-3-4-12(8-13)14-9-11-6-7-15-10-11/h3-8,10,14H,2,9H2,1H3. The largest absolute Gasteiger partial charge is 0.494 e. The van der Waals surface area contributed by atoms with E-state index in [2.05, 4.69) is 5.32 Å². The lowest BCUT2D eigenvalue weighted by atomic mass is 10.3. The molecule has 0 aliphatic heterocycles. The van der Waals surface area contributed by atoms with Crippen molar-refractivity contribution in [1.82, 2.24) is 0 Å². The van der Waals surface area contributed by atoms with Crippen molar-refractivity contribution in [2.24, 2.45) is 0 Å². The third-order valence-electron chi connectivity index (χ3n) is 2.22. The Morgan fingerprint density at radius 2 is 2.25 bits per heavy atom. The third-order valence-corrected chi connectivity index (χ3v) is 2.22. The van der Waals surface area contributed by atoms with Crippen LogP contribution in [0.15, 0.2) is 47.3 Å². The molecule has 0 spiro atoms. The summed E-state index contributed by atoms with van der Waals surface area (Å²) < 4.78 is 10.4. The van der Waals surface area contributed by atoms with Crippen LogP contribution in [0.25, 0.3) is 0 Å². The first kappa shape index (κ1) is 10.6. The Kier molecular flexibility index (Phi) is 3.49. The number of rotatable bonds is 5. The van der Waals surface area contributed by atoms with Crippen LogP contribution in [0, 0.1) is 0 Å². The molecule has 0 bridgehead atoms. The van der Waals surface area contributed by atoms with Crippen LogP contribution in [-0.2, 0) is 6.54 Å². The van der Waals surface area contributed by atoms with Gasteiger partial charge >= 0.3 is 0 Å². The molecule has 2 aromatic rings. The van der Waals surface area contributed by atoms with E-state index < -0.39 is 0 Å². The Morgan fingerprint density at radius 1 is 1.31 bits per heavy atom. The Labute approximate surface area is 95.0 Å². The summed E-state index contributed by atoms with van der Waals surface area (Å²) in [5, 5.41) is 3.31. The number of hydrogen-bond donors (Lipinski definition) is 1. The van der Waals surface area contributed by atoms with Crippen LogP contribution in [0.2, 0.25) is 0 Å². The minimum Gasteiger partial charge on any atom is -0.494 e. The minimum absolute atomic E-state index is 0.686. The third kappa shape index (κ3) is 2.79. The van der Waals surface area contributed by atoms with Gasteiger partial charge in [0.2, 0.25) is 0 Å². The van der Waals surface area contributed by atoms with Gasteiger partial charge in [0, 0.05) is 23.9 Å². The van der Waals surface area contributed by atoms with Crippen molar-refractivity contribution in [2.75, 3.05) is 11.9 Å². The van der Waals surface area contributed by atoms with Crippen molar-refractivity contribution < 1.29 is 9.15 Å². The van der Waals surface area contributed by atoms with E-state index in [0.717, 1.165) is 23.5 Å². The molecule has 1 N–H and O–H groups in total. The maximum absolute atomic E-state index is 5.43. The van der Waals surface area contributed by atoms with Gasteiger partial charge in [0.1, 0.15) is 5.75 Å². The molecule has 2 rings (SSSR count). The quantitative estimate of drug-likeness (QED) is 0.834. The highest BCUT2D eigenvalue weighted by Crippen LogP contribution is 2.17. The molecular weight excluding hydrogens is 202 g/mol. The highest BCUT2D eigenvalue weighted by molar-refractivity contribution is 5.48. The van der Waals surface area contributed by atoms with Crippen LogP contribution in [0.1, 0.15) is 12.5 Å². The SMILES string of the molecule is CCOc1cccc(NCc2ccoc2)c1. The normalized spacial score (nSPS) is 10.1. The first-order valence-corrected chi connectivity index (χ1v) is 5.36. The van der Waals surface area contributed by atoms with Crippen molar-refractivity contribution in [3.05, 3.63) is 48.4 Å². The second-order valence-electron chi connectivity index (χ2n) is 3.45. The van der Waals surface area contributed by atoms with Crippen molar-refractivity contribution in [1.29, 1.82) is 0 Å². The Bertz CT molecular complexity index is 423. The summed E-state index contributed by atoms with van der Waals surface area (Å²) >= 11 is 0. The van der Waals surface area contributed by atoms with Gasteiger partial charge in [-0.1, -0.05) is 6.07 Å². The van der Waals surface area contributed by atoms with E-state index >= 15 is 0 Å². The van der Waals surface area contributed by atoms with E-state index in [9.17, 15) is 0 Å². The van der Waals surface area contributed by atoms with E-state index in [1.807, 2.05) is 37.3 Å². The summed E-state index contributed by atoms with van der Waals surface area (Å²) in [6.45, 7) is 3.42. The zero-order valence-electron chi connectivity index (χ0n) is 9.27. The van der Waals surface area contributed by atoms with Gasteiger partial charge in [-0.2, -0.15) is 0 Å². The highest BCUT2D eigenvalue weighted by atomic mass is 16.5. The predicted molar refractivity (Wildman–Crippen MR) is 63.6 cm³/mol.